The molecule has 1 saturated carbocycles. The first-order valence-electron chi connectivity index (χ1n) is 15.2. The summed E-state index contributed by atoms with van der Waals surface area (Å²) >= 11 is 6.40. The highest BCUT2D eigenvalue weighted by atomic mass is 35.5. The molecule has 9 heteroatoms. The molecule has 1 spiro atoms. The number of carbonyl (C=O) groups excluding carboxylic acids is 1. The van der Waals surface area contributed by atoms with Gasteiger partial charge in [0.1, 0.15) is 5.75 Å². The van der Waals surface area contributed by atoms with Crippen LogP contribution in [0.5, 0.6) is 5.75 Å². The molecule has 0 saturated heterocycles. The Labute approximate surface area is 254 Å². The number of methoxy groups -OCH3 is 1. The molecule has 6 rings (SSSR count). The smallest absolute Gasteiger partial charge is 0.264 e. The molecule has 42 heavy (non-hydrogen) atoms. The number of benzene rings is 2. The van der Waals surface area contributed by atoms with E-state index < -0.39 is 21.2 Å². The first-order chi connectivity index (χ1) is 20.1. The van der Waals surface area contributed by atoms with Crippen LogP contribution in [0.15, 0.2) is 48.6 Å². The van der Waals surface area contributed by atoms with E-state index in [9.17, 15) is 13.2 Å². The van der Waals surface area contributed by atoms with Gasteiger partial charge in [0.25, 0.3) is 5.91 Å². The van der Waals surface area contributed by atoms with E-state index in [1.54, 1.807) is 20.1 Å². The number of hydrogen-bond donors (Lipinski definition) is 1. The van der Waals surface area contributed by atoms with Crippen molar-refractivity contribution >= 4 is 33.2 Å². The first-order valence-corrected chi connectivity index (χ1v) is 17.1. The van der Waals surface area contributed by atoms with Gasteiger partial charge in [-0.15, -0.1) is 0 Å². The summed E-state index contributed by atoms with van der Waals surface area (Å²) in [5, 5.41) is 0.00998. The van der Waals surface area contributed by atoms with Crippen molar-refractivity contribution in [3.8, 4) is 5.75 Å². The van der Waals surface area contributed by atoms with Gasteiger partial charge in [0, 0.05) is 36.2 Å². The van der Waals surface area contributed by atoms with Gasteiger partial charge >= 0.3 is 0 Å². The minimum atomic E-state index is -3.88. The van der Waals surface area contributed by atoms with Crippen LogP contribution in [0.3, 0.4) is 0 Å². The molecule has 7 nitrogen and oxygen atoms in total. The maximum atomic E-state index is 13.4. The molecule has 0 aromatic heterocycles. The second-order valence-corrected chi connectivity index (χ2v) is 15.3. The van der Waals surface area contributed by atoms with Crippen molar-refractivity contribution in [3.05, 3.63) is 70.3 Å². The summed E-state index contributed by atoms with van der Waals surface area (Å²) in [6.07, 6.45) is 9.93. The third kappa shape index (κ3) is 5.46. The minimum Gasteiger partial charge on any atom is -0.490 e. The molecule has 1 fully saturated rings. The number of anilines is 1. The van der Waals surface area contributed by atoms with Gasteiger partial charge in [-0.3, -0.25) is 4.79 Å². The number of amides is 1. The number of nitrogens with zero attached hydrogens (tertiary/aromatic N) is 1. The van der Waals surface area contributed by atoms with E-state index in [4.69, 9.17) is 21.1 Å². The van der Waals surface area contributed by atoms with Gasteiger partial charge in [-0.05, 0) is 105 Å². The number of nitrogens with one attached hydrogen (secondary N) is 1. The van der Waals surface area contributed by atoms with Crippen LogP contribution in [0.25, 0.3) is 0 Å². The lowest BCUT2D eigenvalue weighted by Gasteiger charge is -2.46. The summed E-state index contributed by atoms with van der Waals surface area (Å²) in [5.74, 6) is 0.710. The largest absolute Gasteiger partial charge is 0.490 e. The standard InChI is InChI=1S/C33H41ClN2O5S/c1-21-6-4-8-30(40-3)27-12-9-25(27)18-36-19-33(15-5-7-23-16-26(34)11-13-28(23)33)20-41-31-14-10-24(17-29(31)36)32(37)35-42(38,39)22(21)2/h4,8,10-11,13-14,16-17,21-22,25,27,30H,5-7,9,12,15,18-20H2,1-3H3,(H,35,37)/b8-4+/t21-,22+,25+,27+,30-,33-/m0/s1. The molecule has 6 atom stereocenters. The van der Waals surface area contributed by atoms with E-state index in [1.165, 1.54) is 11.1 Å². The maximum Gasteiger partial charge on any atom is 0.264 e. The molecule has 4 aliphatic rings. The van der Waals surface area contributed by atoms with Gasteiger partial charge in [0.05, 0.1) is 23.6 Å². The Bertz CT molecular complexity index is 1490. The summed E-state index contributed by atoms with van der Waals surface area (Å²) in [6.45, 7) is 5.63. The summed E-state index contributed by atoms with van der Waals surface area (Å²) < 4.78 is 41.3. The Balaban J connectivity index is 1.43. The monoisotopic (exact) mass is 612 g/mol. The first kappa shape index (κ1) is 29.5. The molecule has 226 valence electrons. The molecule has 0 radical (unpaired) electrons. The number of rotatable bonds is 1. The number of halogens is 1. The number of allylic oxidation sites excluding steroid dienone is 1. The fraction of sp³-hybridized carbons (Fsp3) is 0.545. The number of ether oxygens (including phenoxy) is 2. The Morgan fingerprint density at radius 3 is 2.74 bits per heavy atom. The predicted octanol–water partition coefficient (Wildman–Crippen LogP) is 5.90. The van der Waals surface area contributed by atoms with Crippen molar-refractivity contribution in [3.63, 3.8) is 0 Å². The lowest BCUT2D eigenvalue weighted by atomic mass is 9.68. The van der Waals surface area contributed by atoms with E-state index in [2.05, 4.69) is 27.8 Å². The van der Waals surface area contributed by atoms with Gasteiger partial charge in [-0.2, -0.15) is 0 Å². The van der Waals surface area contributed by atoms with Gasteiger partial charge in [-0.25, -0.2) is 13.1 Å². The zero-order chi connectivity index (χ0) is 29.6. The SMILES string of the molecule is CO[C@H]1/C=C/C[C@H](C)[C@@H](C)S(=O)(=O)NC(=O)c2ccc3c(c2)N(C[C@H]2CC[C@H]21)C[C@@]1(CCCc2cc(Cl)ccc21)CO3. The molecule has 2 aromatic carbocycles. The van der Waals surface area contributed by atoms with Gasteiger partial charge in [-0.1, -0.05) is 36.7 Å². The van der Waals surface area contributed by atoms with Gasteiger partial charge in [0.2, 0.25) is 10.0 Å². The molecule has 2 heterocycles. The zero-order valence-electron chi connectivity index (χ0n) is 24.6. The number of aryl methyl sites for hydroxylation is 1. The minimum absolute atomic E-state index is 0.0315. The summed E-state index contributed by atoms with van der Waals surface area (Å²) in [6, 6.07) is 11.5. The van der Waals surface area contributed by atoms with E-state index in [0.717, 1.165) is 61.7 Å². The van der Waals surface area contributed by atoms with Gasteiger partial charge < -0.3 is 14.4 Å². The van der Waals surface area contributed by atoms with E-state index in [0.29, 0.717) is 30.4 Å². The lowest BCUT2D eigenvalue weighted by Crippen LogP contribution is -2.49. The van der Waals surface area contributed by atoms with Crippen molar-refractivity contribution in [1.29, 1.82) is 0 Å². The summed E-state index contributed by atoms with van der Waals surface area (Å²) in [7, 11) is -2.13. The van der Waals surface area contributed by atoms with Crippen molar-refractivity contribution in [2.75, 3.05) is 31.7 Å². The number of fused-ring (bicyclic) bond motifs is 4. The molecule has 2 aliphatic heterocycles. The van der Waals surface area contributed by atoms with Crippen molar-refractivity contribution in [1.82, 2.24) is 4.72 Å². The second-order valence-electron chi connectivity index (χ2n) is 12.8. The van der Waals surface area contributed by atoms with Crippen LogP contribution < -0.4 is 14.4 Å². The summed E-state index contributed by atoms with van der Waals surface area (Å²) in [4.78, 5) is 15.7. The van der Waals surface area contributed by atoms with E-state index in [-0.39, 0.29) is 17.4 Å². The Morgan fingerprint density at radius 2 is 1.98 bits per heavy atom. The lowest BCUT2D eigenvalue weighted by molar-refractivity contribution is 0.0131. The highest BCUT2D eigenvalue weighted by molar-refractivity contribution is 7.90. The van der Waals surface area contributed by atoms with Crippen molar-refractivity contribution in [2.24, 2.45) is 17.8 Å². The van der Waals surface area contributed by atoms with Crippen LogP contribution in [0.2, 0.25) is 5.02 Å². The van der Waals surface area contributed by atoms with Gasteiger partial charge in [0.15, 0.2) is 0 Å². The fourth-order valence-corrected chi connectivity index (χ4v) is 8.87. The number of hydrogen-bond acceptors (Lipinski definition) is 6. The molecule has 1 amide bonds. The average Bonchev–Trinajstić information content (AvgIpc) is 3.10. The Morgan fingerprint density at radius 1 is 1.14 bits per heavy atom. The van der Waals surface area contributed by atoms with Crippen molar-refractivity contribution < 1.29 is 22.7 Å². The second kappa shape index (κ2) is 11.5. The van der Waals surface area contributed by atoms with Crippen LogP contribution in [0.4, 0.5) is 5.69 Å². The third-order valence-electron chi connectivity index (χ3n) is 10.3. The molecule has 2 aliphatic carbocycles. The van der Waals surface area contributed by atoms with Crippen LogP contribution in [-0.4, -0.2) is 52.5 Å². The number of carbonyl (C=O) groups is 1. The molecular formula is C33H41ClN2O5S. The summed E-state index contributed by atoms with van der Waals surface area (Å²) in [5.41, 5.74) is 3.48. The van der Waals surface area contributed by atoms with Crippen LogP contribution in [0.1, 0.15) is 67.4 Å². The number of sulfonamides is 1. The Hall–Kier alpha value is -2.55. The molecule has 2 aromatic rings. The van der Waals surface area contributed by atoms with Crippen LogP contribution in [0, 0.1) is 17.8 Å². The topological polar surface area (TPSA) is 84.9 Å². The van der Waals surface area contributed by atoms with E-state index >= 15 is 0 Å². The zero-order valence-corrected chi connectivity index (χ0v) is 26.2. The molecule has 2 bridgehead atoms. The Kier molecular flexibility index (Phi) is 8.09. The highest BCUT2D eigenvalue weighted by Crippen LogP contribution is 2.47. The predicted molar refractivity (Wildman–Crippen MR) is 166 cm³/mol. The van der Waals surface area contributed by atoms with E-state index in [1.807, 2.05) is 31.2 Å². The normalized spacial score (nSPS) is 33.3. The van der Waals surface area contributed by atoms with Crippen molar-refractivity contribution in [2.45, 2.75) is 69.1 Å². The molecular weight excluding hydrogens is 572 g/mol. The highest BCUT2D eigenvalue weighted by Gasteiger charge is 2.44. The van der Waals surface area contributed by atoms with Crippen LogP contribution >= 0.6 is 11.6 Å². The third-order valence-corrected chi connectivity index (χ3v) is 12.4. The fourth-order valence-electron chi connectivity index (χ4n) is 7.39. The maximum absolute atomic E-state index is 13.4. The molecule has 0 unspecified atom stereocenters. The molecule has 1 N–H and O–H groups in total. The average molecular weight is 613 g/mol. The quantitative estimate of drug-likeness (QED) is 0.404. The van der Waals surface area contributed by atoms with Crippen LogP contribution in [-0.2, 0) is 26.6 Å².